The topological polar surface area (TPSA) is 35.6 Å². The minimum Gasteiger partial charge on any atom is -0.338 e. The first-order valence-electron chi connectivity index (χ1n) is 7.03. The van der Waals surface area contributed by atoms with Crippen molar-refractivity contribution < 1.29 is 4.79 Å². The van der Waals surface area contributed by atoms with Crippen LogP contribution in [0.15, 0.2) is 12.7 Å². The van der Waals surface area contributed by atoms with Gasteiger partial charge in [0.25, 0.3) is 0 Å². The number of halogens is 1. The number of rotatable bonds is 5. The van der Waals surface area contributed by atoms with Crippen molar-refractivity contribution in [3.63, 3.8) is 0 Å². The molecule has 2 aliphatic rings. The van der Waals surface area contributed by atoms with E-state index in [4.69, 9.17) is 0 Å². The minimum absolute atomic E-state index is 0. The van der Waals surface area contributed by atoms with Crippen LogP contribution in [0.3, 0.4) is 0 Å². The van der Waals surface area contributed by atoms with Gasteiger partial charge in [0, 0.05) is 19.6 Å². The number of carbonyl (C=O) groups excluding carboxylic acids is 1. The Hall–Kier alpha value is -0.580. The van der Waals surface area contributed by atoms with E-state index < -0.39 is 0 Å². The lowest BCUT2D eigenvalue weighted by Crippen LogP contribution is -2.43. The Bertz CT molecular complexity index is 305. The van der Waals surface area contributed by atoms with Gasteiger partial charge in [-0.05, 0) is 45.3 Å². The van der Waals surface area contributed by atoms with Crippen molar-refractivity contribution in [2.45, 2.75) is 25.3 Å². The highest BCUT2D eigenvalue weighted by molar-refractivity contribution is 5.85. The van der Waals surface area contributed by atoms with E-state index in [-0.39, 0.29) is 24.4 Å². The van der Waals surface area contributed by atoms with Gasteiger partial charge in [0.2, 0.25) is 5.91 Å². The number of carbonyl (C=O) groups is 1. The van der Waals surface area contributed by atoms with Crippen LogP contribution in [0, 0.1) is 5.92 Å². The van der Waals surface area contributed by atoms with Crippen LogP contribution in [-0.4, -0.2) is 61.5 Å². The SMILES string of the molecule is C=CCN1CCC(N(C)CC2CCNCC2)C1=O.Cl. The van der Waals surface area contributed by atoms with E-state index in [0.29, 0.717) is 6.54 Å². The number of amides is 1. The summed E-state index contributed by atoms with van der Waals surface area (Å²) in [7, 11) is 2.10. The summed E-state index contributed by atoms with van der Waals surface area (Å²) in [6.45, 7) is 8.58. The van der Waals surface area contributed by atoms with Gasteiger partial charge in [0.1, 0.15) is 0 Å². The Morgan fingerprint density at radius 2 is 2.11 bits per heavy atom. The van der Waals surface area contributed by atoms with Crippen LogP contribution in [0.2, 0.25) is 0 Å². The fraction of sp³-hybridized carbons (Fsp3) is 0.786. The highest BCUT2D eigenvalue weighted by Crippen LogP contribution is 2.20. The van der Waals surface area contributed by atoms with Crippen LogP contribution < -0.4 is 5.32 Å². The molecule has 0 aromatic carbocycles. The molecule has 5 heteroatoms. The van der Waals surface area contributed by atoms with Gasteiger partial charge >= 0.3 is 0 Å². The molecule has 2 saturated heterocycles. The average Bonchev–Trinajstić information content (AvgIpc) is 2.73. The molecule has 0 aromatic heterocycles. The zero-order valence-corrected chi connectivity index (χ0v) is 12.6. The lowest BCUT2D eigenvalue weighted by atomic mass is 9.97. The maximum Gasteiger partial charge on any atom is 0.240 e. The summed E-state index contributed by atoms with van der Waals surface area (Å²) in [4.78, 5) is 16.4. The molecule has 1 unspecified atom stereocenters. The molecule has 1 N–H and O–H groups in total. The fourth-order valence-corrected chi connectivity index (χ4v) is 3.07. The minimum atomic E-state index is 0. The van der Waals surface area contributed by atoms with Gasteiger partial charge < -0.3 is 10.2 Å². The number of piperidine rings is 1. The summed E-state index contributed by atoms with van der Waals surface area (Å²) < 4.78 is 0. The Morgan fingerprint density at radius 1 is 1.42 bits per heavy atom. The summed E-state index contributed by atoms with van der Waals surface area (Å²) in [6.07, 6.45) is 5.25. The Balaban J connectivity index is 0.00000180. The van der Waals surface area contributed by atoms with Gasteiger partial charge in [-0.3, -0.25) is 9.69 Å². The van der Waals surface area contributed by atoms with E-state index in [2.05, 4.69) is 23.8 Å². The van der Waals surface area contributed by atoms with Crippen molar-refractivity contribution in [2.75, 3.05) is 39.8 Å². The van der Waals surface area contributed by atoms with Gasteiger partial charge in [-0.2, -0.15) is 0 Å². The maximum atomic E-state index is 12.2. The van der Waals surface area contributed by atoms with Gasteiger partial charge in [0.05, 0.1) is 6.04 Å². The number of nitrogens with zero attached hydrogens (tertiary/aromatic N) is 2. The molecule has 0 saturated carbocycles. The first-order valence-corrected chi connectivity index (χ1v) is 7.03. The van der Waals surface area contributed by atoms with E-state index >= 15 is 0 Å². The lowest BCUT2D eigenvalue weighted by molar-refractivity contribution is -0.131. The predicted molar refractivity (Wildman–Crippen MR) is 80.7 cm³/mol. The molecule has 0 aliphatic carbocycles. The Labute approximate surface area is 122 Å². The van der Waals surface area contributed by atoms with Gasteiger partial charge in [-0.25, -0.2) is 0 Å². The molecule has 2 heterocycles. The third-order valence-corrected chi connectivity index (χ3v) is 4.16. The molecule has 1 atom stereocenters. The lowest BCUT2D eigenvalue weighted by Gasteiger charge is -2.30. The van der Waals surface area contributed by atoms with E-state index in [9.17, 15) is 4.79 Å². The monoisotopic (exact) mass is 287 g/mol. The Morgan fingerprint density at radius 3 is 2.74 bits per heavy atom. The second-order valence-electron chi connectivity index (χ2n) is 5.51. The van der Waals surface area contributed by atoms with Crippen molar-refractivity contribution in [2.24, 2.45) is 5.92 Å². The van der Waals surface area contributed by atoms with Crippen molar-refractivity contribution in [3.05, 3.63) is 12.7 Å². The second-order valence-corrected chi connectivity index (χ2v) is 5.51. The molecule has 1 amide bonds. The predicted octanol–water partition coefficient (Wildman–Crippen LogP) is 1.13. The third-order valence-electron chi connectivity index (χ3n) is 4.16. The number of hydrogen-bond acceptors (Lipinski definition) is 3. The quantitative estimate of drug-likeness (QED) is 0.770. The van der Waals surface area contributed by atoms with Gasteiger partial charge in [-0.15, -0.1) is 19.0 Å². The number of hydrogen-bond donors (Lipinski definition) is 1. The second kappa shape index (κ2) is 7.88. The summed E-state index contributed by atoms with van der Waals surface area (Å²) in [6, 6.07) is 0.0971. The fourth-order valence-electron chi connectivity index (χ4n) is 3.07. The van der Waals surface area contributed by atoms with E-state index in [0.717, 1.165) is 38.5 Å². The standard InChI is InChI=1S/C14H25N3O.ClH/c1-3-9-17-10-6-13(14(17)18)16(2)11-12-4-7-15-8-5-12;/h3,12-13,15H,1,4-11H2,2H3;1H. The molecule has 0 radical (unpaired) electrons. The zero-order chi connectivity index (χ0) is 13.0. The van der Waals surface area contributed by atoms with Crippen molar-refractivity contribution in [1.82, 2.24) is 15.1 Å². The van der Waals surface area contributed by atoms with E-state index in [1.54, 1.807) is 0 Å². The first kappa shape index (κ1) is 16.5. The largest absolute Gasteiger partial charge is 0.338 e. The molecule has 0 spiro atoms. The van der Waals surface area contributed by atoms with Crippen LogP contribution in [0.5, 0.6) is 0 Å². The van der Waals surface area contributed by atoms with Crippen LogP contribution >= 0.6 is 12.4 Å². The molecule has 2 aliphatic heterocycles. The van der Waals surface area contributed by atoms with Gasteiger partial charge in [0.15, 0.2) is 0 Å². The van der Waals surface area contributed by atoms with E-state index in [1.165, 1.54) is 12.8 Å². The number of likely N-dealkylation sites (N-methyl/N-ethyl adjacent to an activating group) is 1. The van der Waals surface area contributed by atoms with Crippen LogP contribution in [-0.2, 0) is 4.79 Å². The molecular formula is C14H26ClN3O. The molecule has 2 fully saturated rings. The average molecular weight is 288 g/mol. The smallest absolute Gasteiger partial charge is 0.240 e. The summed E-state index contributed by atoms with van der Waals surface area (Å²) in [5.41, 5.74) is 0. The first-order chi connectivity index (χ1) is 8.72. The molecule has 19 heavy (non-hydrogen) atoms. The summed E-state index contributed by atoms with van der Waals surface area (Å²) in [5.74, 6) is 1.03. The van der Waals surface area contributed by atoms with Gasteiger partial charge in [-0.1, -0.05) is 6.08 Å². The molecule has 0 aromatic rings. The Kier molecular flexibility index (Phi) is 6.83. The number of nitrogens with one attached hydrogen (secondary N) is 1. The molecular weight excluding hydrogens is 262 g/mol. The van der Waals surface area contributed by atoms with Crippen LogP contribution in [0.4, 0.5) is 0 Å². The summed E-state index contributed by atoms with van der Waals surface area (Å²) in [5, 5.41) is 3.39. The maximum absolute atomic E-state index is 12.2. The van der Waals surface area contributed by atoms with E-state index in [1.807, 2.05) is 11.0 Å². The number of likely N-dealkylation sites (tertiary alicyclic amines) is 1. The highest BCUT2D eigenvalue weighted by atomic mass is 35.5. The summed E-state index contributed by atoms with van der Waals surface area (Å²) >= 11 is 0. The molecule has 2 rings (SSSR count). The third kappa shape index (κ3) is 4.20. The zero-order valence-electron chi connectivity index (χ0n) is 11.8. The normalized spacial score (nSPS) is 24.6. The van der Waals surface area contributed by atoms with Crippen molar-refractivity contribution in [1.29, 1.82) is 0 Å². The molecule has 110 valence electrons. The highest BCUT2D eigenvalue weighted by Gasteiger charge is 2.34. The van der Waals surface area contributed by atoms with Crippen molar-refractivity contribution in [3.8, 4) is 0 Å². The van der Waals surface area contributed by atoms with Crippen molar-refractivity contribution >= 4 is 18.3 Å². The molecule has 4 nitrogen and oxygen atoms in total. The van der Waals surface area contributed by atoms with Crippen LogP contribution in [0.1, 0.15) is 19.3 Å². The van der Waals surface area contributed by atoms with Crippen LogP contribution in [0.25, 0.3) is 0 Å². The molecule has 0 bridgehead atoms.